The minimum Gasteiger partial charge on any atom is -0.466 e. The van der Waals surface area contributed by atoms with E-state index >= 15 is 0 Å². The van der Waals surface area contributed by atoms with Gasteiger partial charge in [0.15, 0.2) is 0 Å². The van der Waals surface area contributed by atoms with Gasteiger partial charge in [-0.15, -0.1) is 0 Å². The smallest absolute Gasteiger partial charge is 0.411 e. The molecule has 1 fully saturated rings. The lowest BCUT2D eigenvalue weighted by Crippen LogP contribution is -2.58. The first-order chi connectivity index (χ1) is 9.24. The molecule has 7 heteroatoms. The van der Waals surface area contributed by atoms with Gasteiger partial charge in [-0.3, -0.25) is 14.5 Å². The van der Waals surface area contributed by atoms with Crippen LogP contribution >= 0.6 is 0 Å². The van der Waals surface area contributed by atoms with Crippen molar-refractivity contribution in [2.75, 3.05) is 19.7 Å². The summed E-state index contributed by atoms with van der Waals surface area (Å²) in [5, 5.41) is 2.63. The highest BCUT2D eigenvalue weighted by Gasteiger charge is 2.37. The number of carbonyl (C=O) groups excluding carboxylic acids is 3. The molecule has 0 saturated carbocycles. The van der Waals surface area contributed by atoms with E-state index in [0.717, 1.165) is 0 Å². The summed E-state index contributed by atoms with van der Waals surface area (Å²) in [4.78, 5) is 36.7. The molecule has 0 aromatic carbocycles. The van der Waals surface area contributed by atoms with Crippen molar-refractivity contribution in [3.63, 3.8) is 0 Å². The monoisotopic (exact) mass is 286 g/mol. The maximum Gasteiger partial charge on any atom is 0.411 e. The maximum atomic E-state index is 12.1. The van der Waals surface area contributed by atoms with Crippen LogP contribution in [0.1, 0.15) is 34.1 Å². The Kier molecular flexibility index (Phi) is 5.35. The Morgan fingerprint density at radius 1 is 1.40 bits per heavy atom. The Balaban J connectivity index is 2.76. The third kappa shape index (κ3) is 4.71. The quantitative estimate of drug-likeness (QED) is 0.771. The summed E-state index contributed by atoms with van der Waals surface area (Å²) in [6, 6.07) is -0.877. The molecule has 1 aliphatic heterocycles. The van der Waals surface area contributed by atoms with E-state index in [0.29, 0.717) is 13.1 Å². The number of piperazine rings is 1. The van der Waals surface area contributed by atoms with Crippen molar-refractivity contribution in [1.82, 2.24) is 10.2 Å². The second-order valence-corrected chi connectivity index (χ2v) is 5.49. The molecule has 0 aliphatic carbocycles. The van der Waals surface area contributed by atoms with E-state index in [4.69, 9.17) is 9.47 Å². The number of esters is 1. The molecule has 1 atom stereocenters. The van der Waals surface area contributed by atoms with Gasteiger partial charge in [-0.2, -0.15) is 0 Å². The first kappa shape index (κ1) is 16.3. The molecule has 0 unspecified atom stereocenters. The standard InChI is InChI=1S/C13H22N2O5/c1-5-19-10(16)8-9-11(17)14-6-7-15(9)12(18)20-13(2,3)4/h9H,5-8H2,1-4H3,(H,14,17)/t9-/m1/s1. The van der Waals surface area contributed by atoms with Crippen molar-refractivity contribution in [2.45, 2.75) is 45.8 Å². The Bertz CT molecular complexity index is 389. The van der Waals surface area contributed by atoms with E-state index in [1.165, 1.54) is 4.90 Å². The maximum absolute atomic E-state index is 12.1. The number of carbonyl (C=O) groups is 3. The van der Waals surface area contributed by atoms with Crippen LogP contribution in [0.4, 0.5) is 4.79 Å². The Hall–Kier alpha value is -1.79. The summed E-state index contributed by atoms with van der Waals surface area (Å²) >= 11 is 0. The number of hydrogen-bond acceptors (Lipinski definition) is 5. The lowest BCUT2D eigenvalue weighted by Gasteiger charge is -2.35. The molecule has 114 valence electrons. The summed E-state index contributed by atoms with van der Waals surface area (Å²) in [5.41, 5.74) is -0.653. The van der Waals surface area contributed by atoms with E-state index < -0.39 is 23.7 Å². The Morgan fingerprint density at radius 2 is 2.05 bits per heavy atom. The largest absolute Gasteiger partial charge is 0.466 e. The minimum absolute atomic E-state index is 0.168. The Morgan fingerprint density at radius 3 is 2.60 bits per heavy atom. The highest BCUT2D eigenvalue weighted by atomic mass is 16.6. The summed E-state index contributed by atoms with van der Waals surface area (Å²) in [6.07, 6.45) is -0.763. The number of hydrogen-bond donors (Lipinski definition) is 1. The first-order valence-electron chi connectivity index (χ1n) is 6.67. The van der Waals surface area contributed by atoms with Crippen molar-refractivity contribution >= 4 is 18.0 Å². The predicted molar refractivity (Wildman–Crippen MR) is 71.0 cm³/mol. The number of nitrogens with one attached hydrogen (secondary N) is 1. The SMILES string of the molecule is CCOC(=O)C[C@@H]1C(=O)NCCN1C(=O)OC(C)(C)C. The van der Waals surface area contributed by atoms with Crippen LogP contribution in [0.5, 0.6) is 0 Å². The normalized spacial score (nSPS) is 19.3. The highest BCUT2D eigenvalue weighted by molar-refractivity contribution is 5.90. The van der Waals surface area contributed by atoms with Crippen molar-refractivity contribution in [1.29, 1.82) is 0 Å². The van der Waals surface area contributed by atoms with E-state index in [2.05, 4.69) is 5.32 Å². The van der Waals surface area contributed by atoms with Gasteiger partial charge in [0.2, 0.25) is 5.91 Å². The van der Waals surface area contributed by atoms with Crippen molar-refractivity contribution in [2.24, 2.45) is 0 Å². The first-order valence-corrected chi connectivity index (χ1v) is 6.67. The molecule has 0 aromatic rings. The third-order valence-corrected chi connectivity index (χ3v) is 2.62. The lowest BCUT2D eigenvalue weighted by atomic mass is 10.1. The summed E-state index contributed by atoms with van der Waals surface area (Å²) in [5.74, 6) is -0.877. The number of rotatable bonds is 3. The fraction of sp³-hybridized carbons (Fsp3) is 0.769. The van der Waals surface area contributed by atoms with E-state index in [9.17, 15) is 14.4 Å². The van der Waals surface area contributed by atoms with Crippen LogP contribution in [0.25, 0.3) is 0 Å². The van der Waals surface area contributed by atoms with Gasteiger partial charge >= 0.3 is 12.1 Å². The molecule has 0 radical (unpaired) electrons. The van der Waals surface area contributed by atoms with Crippen LogP contribution in [-0.2, 0) is 19.1 Å². The summed E-state index contributed by atoms with van der Waals surface area (Å²) < 4.78 is 10.1. The van der Waals surface area contributed by atoms with Crippen LogP contribution in [-0.4, -0.2) is 54.2 Å². The predicted octanol–water partition coefficient (Wildman–Crippen LogP) is 0.675. The molecule has 0 aromatic heterocycles. The second-order valence-electron chi connectivity index (χ2n) is 5.49. The molecule has 7 nitrogen and oxygen atoms in total. The average Bonchev–Trinajstić information content (AvgIpc) is 2.29. The van der Waals surface area contributed by atoms with Crippen LogP contribution in [0.3, 0.4) is 0 Å². The average molecular weight is 286 g/mol. The van der Waals surface area contributed by atoms with Gasteiger partial charge < -0.3 is 14.8 Å². The summed E-state index contributed by atoms with van der Waals surface area (Å²) in [6.45, 7) is 7.81. The fourth-order valence-corrected chi connectivity index (χ4v) is 1.83. The zero-order valence-electron chi connectivity index (χ0n) is 12.4. The molecule has 0 spiro atoms. The van der Waals surface area contributed by atoms with E-state index in [1.54, 1.807) is 27.7 Å². The topological polar surface area (TPSA) is 84.9 Å². The highest BCUT2D eigenvalue weighted by Crippen LogP contribution is 2.16. The molecule has 0 bridgehead atoms. The number of nitrogens with zero attached hydrogens (tertiary/aromatic N) is 1. The lowest BCUT2D eigenvalue weighted by molar-refractivity contribution is -0.147. The van der Waals surface area contributed by atoms with Crippen LogP contribution in [0, 0.1) is 0 Å². The number of amides is 2. The van der Waals surface area contributed by atoms with Gasteiger partial charge in [-0.05, 0) is 27.7 Å². The van der Waals surface area contributed by atoms with Crippen LogP contribution in [0.15, 0.2) is 0 Å². The van der Waals surface area contributed by atoms with E-state index in [-0.39, 0.29) is 18.9 Å². The number of ether oxygens (including phenoxy) is 2. The van der Waals surface area contributed by atoms with Gasteiger partial charge in [-0.25, -0.2) is 4.79 Å². The van der Waals surface area contributed by atoms with Gasteiger partial charge in [0.1, 0.15) is 11.6 Å². The zero-order valence-corrected chi connectivity index (χ0v) is 12.4. The molecule has 1 aliphatic rings. The molecular weight excluding hydrogens is 264 g/mol. The second kappa shape index (κ2) is 6.58. The molecule has 2 amide bonds. The van der Waals surface area contributed by atoms with E-state index in [1.807, 2.05) is 0 Å². The third-order valence-electron chi connectivity index (χ3n) is 2.62. The minimum atomic E-state index is -0.877. The Labute approximate surface area is 118 Å². The molecule has 1 rings (SSSR count). The zero-order chi connectivity index (χ0) is 15.3. The van der Waals surface area contributed by atoms with Gasteiger partial charge in [-0.1, -0.05) is 0 Å². The molecule has 1 N–H and O–H groups in total. The summed E-state index contributed by atoms with van der Waals surface area (Å²) in [7, 11) is 0. The van der Waals surface area contributed by atoms with Crippen molar-refractivity contribution in [3.8, 4) is 0 Å². The van der Waals surface area contributed by atoms with Crippen molar-refractivity contribution in [3.05, 3.63) is 0 Å². The van der Waals surface area contributed by atoms with Crippen molar-refractivity contribution < 1.29 is 23.9 Å². The fourth-order valence-electron chi connectivity index (χ4n) is 1.83. The van der Waals surface area contributed by atoms with Crippen LogP contribution in [0.2, 0.25) is 0 Å². The van der Waals surface area contributed by atoms with Gasteiger partial charge in [0, 0.05) is 13.1 Å². The molecule has 20 heavy (non-hydrogen) atoms. The van der Waals surface area contributed by atoms with Crippen LogP contribution < -0.4 is 5.32 Å². The molecular formula is C13H22N2O5. The molecule has 1 saturated heterocycles. The molecule has 1 heterocycles. The van der Waals surface area contributed by atoms with Gasteiger partial charge in [0.05, 0.1) is 13.0 Å². The van der Waals surface area contributed by atoms with Gasteiger partial charge in [0.25, 0.3) is 0 Å².